The van der Waals surface area contributed by atoms with E-state index in [4.69, 9.17) is 33.9 Å². The van der Waals surface area contributed by atoms with E-state index in [-0.39, 0.29) is 50.9 Å². The first-order valence-corrected chi connectivity index (χ1v) is 22.3. The Hall–Kier alpha value is -3.47. The van der Waals surface area contributed by atoms with Crippen molar-refractivity contribution < 1.29 is 57.2 Å². The van der Waals surface area contributed by atoms with E-state index in [0.717, 1.165) is 6.92 Å². The lowest BCUT2D eigenvalue weighted by Gasteiger charge is -2.47. The fourth-order valence-corrected chi connectivity index (χ4v) is 9.51. The number of aliphatic hydroxyl groups excluding tert-OH is 1. The molecule has 62 heavy (non-hydrogen) atoms. The van der Waals surface area contributed by atoms with Crippen LogP contribution in [0, 0.1) is 23.7 Å². The molecular formula is C43H62FIN6O11. The number of likely N-dealkylation sites (N-methyl/N-ethyl adjacent to an activating group) is 1. The zero-order valence-electron chi connectivity index (χ0n) is 37.2. The molecule has 17 nitrogen and oxygen atoms in total. The van der Waals surface area contributed by atoms with Crippen molar-refractivity contribution in [2.24, 2.45) is 33.8 Å². The number of esters is 1. The number of cyclic esters (lactones) is 1. The summed E-state index contributed by atoms with van der Waals surface area (Å²) in [5.74, 6) is -5.95. The van der Waals surface area contributed by atoms with Gasteiger partial charge in [0.2, 0.25) is 11.8 Å². The highest BCUT2D eigenvalue weighted by molar-refractivity contribution is 14.1. The van der Waals surface area contributed by atoms with Crippen molar-refractivity contribution in [3.8, 4) is 11.6 Å². The van der Waals surface area contributed by atoms with E-state index in [1.165, 1.54) is 20.1 Å². The highest BCUT2D eigenvalue weighted by Gasteiger charge is 2.56. The molecule has 0 aliphatic carbocycles. The number of pyridine rings is 1. The van der Waals surface area contributed by atoms with Crippen molar-refractivity contribution in [1.29, 1.82) is 0 Å². The molecule has 0 saturated carbocycles. The number of halogens is 2. The molecule has 13 atom stereocenters. The van der Waals surface area contributed by atoms with Gasteiger partial charge in [-0.1, -0.05) is 38.9 Å². The first-order chi connectivity index (χ1) is 29.0. The second kappa shape index (κ2) is 20.1. The Bertz CT molecular complexity index is 1980. The summed E-state index contributed by atoms with van der Waals surface area (Å²) in [6.07, 6.45) is -1.92. The van der Waals surface area contributed by atoms with Crippen molar-refractivity contribution in [2.45, 2.75) is 146 Å². The fourth-order valence-electron chi connectivity index (χ4n) is 8.82. The molecule has 1 amide bonds. The van der Waals surface area contributed by atoms with Crippen LogP contribution in [0.25, 0.3) is 11.6 Å². The van der Waals surface area contributed by atoms with Gasteiger partial charge in [-0.25, -0.2) is 24.1 Å². The standard InChI is InChI=1S/C43H62FIN6O11/c1-11-32(52)49-33-22(2)18-41(6)36(61-38-34(53)30(51(9)10)17-23(3)60-38)25(5)35(54)42(7,44)40(55)62-39(45)43(8,56)28(24(33)4)16-15-26(20-58-41)50-59-21-27-19-57-37(47-27)29-13-12-14-31(46)48-29/h12-14,19,22-25,28,30,34,36,38-39,53,56H,11,15-18,20-21H2,1-10H3,(H2,46,48)/b49-33+,50-26+/t22-,23-,24-,25+,28-,30+,34-,36-,38+,39+,41-,42+,43+/m1/s1. The normalized spacial score (nSPS) is 38.0. The summed E-state index contributed by atoms with van der Waals surface area (Å²) in [4.78, 5) is 62.4. The number of nitrogens with zero attached hydrogens (tertiary/aromatic N) is 5. The van der Waals surface area contributed by atoms with Crippen molar-refractivity contribution in [3.05, 3.63) is 30.2 Å². The number of rotatable bonds is 8. The Morgan fingerprint density at radius 1 is 1.13 bits per heavy atom. The number of ketones is 1. The monoisotopic (exact) mass is 984 g/mol. The number of fused-ring (bicyclic) bond motifs is 5. The van der Waals surface area contributed by atoms with E-state index in [0.29, 0.717) is 35.0 Å². The molecule has 2 bridgehead atoms. The molecule has 3 aliphatic heterocycles. The van der Waals surface area contributed by atoms with Gasteiger partial charge in [0, 0.05) is 30.0 Å². The minimum atomic E-state index is -3.20. The second-order valence-electron chi connectivity index (χ2n) is 17.7. The molecule has 0 spiro atoms. The van der Waals surface area contributed by atoms with Gasteiger partial charge in [0.05, 0.1) is 30.1 Å². The Morgan fingerprint density at radius 3 is 2.50 bits per heavy atom. The number of carbonyl (C=O) groups is 3. The largest absolute Gasteiger partial charge is 0.446 e. The topological polar surface area (TPSA) is 231 Å². The average molecular weight is 985 g/mol. The van der Waals surface area contributed by atoms with Gasteiger partial charge in [0.25, 0.3) is 5.67 Å². The van der Waals surface area contributed by atoms with Crippen LogP contribution in [0.5, 0.6) is 0 Å². The molecule has 2 aromatic heterocycles. The van der Waals surface area contributed by atoms with Crippen LogP contribution in [0.2, 0.25) is 0 Å². The molecule has 3 fully saturated rings. The van der Waals surface area contributed by atoms with Crippen LogP contribution in [-0.4, -0.2) is 126 Å². The summed E-state index contributed by atoms with van der Waals surface area (Å²) in [6.45, 7) is 12.3. The minimum absolute atomic E-state index is 0.0365. The molecule has 344 valence electrons. The van der Waals surface area contributed by atoms with Crippen LogP contribution in [0.4, 0.5) is 10.2 Å². The number of nitrogen functional groups attached to an aromatic ring is 1. The van der Waals surface area contributed by atoms with Crippen molar-refractivity contribution >= 4 is 57.5 Å². The maximum Gasteiger partial charge on any atom is 0.352 e. The van der Waals surface area contributed by atoms with E-state index >= 15 is 4.39 Å². The quantitative estimate of drug-likeness (QED) is 0.101. The number of aliphatic hydroxyl groups is 2. The number of hydrogen-bond donors (Lipinski definition) is 3. The van der Waals surface area contributed by atoms with Gasteiger partial charge < -0.3 is 49.0 Å². The molecule has 5 rings (SSSR count). The van der Waals surface area contributed by atoms with Gasteiger partial charge >= 0.3 is 5.97 Å². The predicted octanol–water partition coefficient (Wildman–Crippen LogP) is 5.23. The summed E-state index contributed by atoms with van der Waals surface area (Å²) >= 11 is 1.73. The van der Waals surface area contributed by atoms with E-state index in [1.807, 2.05) is 39.8 Å². The van der Waals surface area contributed by atoms with Gasteiger partial charge in [-0.3, -0.25) is 9.59 Å². The number of carbonyl (C=O) groups excluding carboxylic acids is 3. The minimum Gasteiger partial charge on any atom is -0.446 e. The third-order valence-electron chi connectivity index (χ3n) is 12.4. The van der Waals surface area contributed by atoms with Crippen molar-refractivity contribution in [3.63, 3.8) is 0 Å². The summed E-state index contributed by atoms with van der Waals surface area (Å²) in [7, 11) is 3.64. The molecule has 4 N–H and O–H groups in total. The lowest BCUT2D eigenvalue weighted by Crippen LogP contribution is -2.61. The number of Topliss-reactive ketones (excluding diaryl/α,β-unsaturated/α-hetero) is 1. The summed E-state index contributed by atoms with van der Waals surface area (Å²) in [5, 5.41) is 28.5. The Kier molecular flexibility index (Phi) is 16.1. The highest BCUT2D eigenvalue weighted by Crippen LogP contribution is 2.43. The van der Waals surface area contributed by atoms with E-state index < -0.39 is 86.9 Å². The molecule has 2 aromatic rings. The summed E-state index contributed by atoms with van der Waals surface area (Å²) < 4.78 is 46.4. The third kappa shape index (κ3) is 11.1. The SMILES string of the molecule is CCC(=O)/N=C1\[C@H](C)C[C@@]2(C)OC/C(=N/OCc3coc(-c4cccc(N)n4)n3)CC[C@H]([C@H]1C)[C@](C)(O)[C@@H](I)OC(=O)[C@@](C)(F)C(=O)[C@H](C)[C@H]2O[C@@H]1O[C@H](C)C[C@H](N(C)C)[C@H]1O. The van der Waals surface area contributed by atoms with Crippen LogP contribution in [0.15, 0.2) is 39.0 Å². The number of hydrogen-bond acceptors (Lipinski definition) is 16. The number of ether oxygens (including phenoxy) is 4. The van der Waals surface area contributed by atoms with Gasteiger partial charge in [-0.2, -0.15) is 0 Å². The van der Waals surface area contributed by atoms with Gasteiger partial charge in [-0.15, -0.1) is 0 Å². The molecule has 3 saturated heterocycles. The second-order valence-corrected chi connectivity index (χ2v) is 18.8. The maximum absolute atomic E-state index is 16.8. The summed E-state index contributed by atoms with van der Waals surface area (Å²) in [5.41, 5.74) is 0.873. The number of oxime groups is 1. The van der Waals surface area contributed by atoms with Crippen LogP contribution >= 0.6 is 22.6 Å². The molecule has 0 unspecified atom stereocenters. The van der Waals surface area contributed by atoms with Crippen LogP contribution < -0.4 is 5.73 Å². The van der Waals surface area contributed by atoms with Crippen LogP contribution in [-0.2, 0) is 44.8 Å². The Labute approximate surface area is 375 Å². The molecule has 5 heterocycles. The number of anilines is 1. The van der Waals surface area contributed by atoms with E-state index in [9.17, 15) is 24.6 Å². The zero-order valence-corrected chi connectivity index (χ0v) is 39.3. The van der Waals surface area contributed by atoms with Gasteiger partial charge in [-0.05, 0) is 114 Å². The first-order valence-electron chi connectivity index (χ1n) is 21.1. The lowest BCUT2D eigenvalue weighted by molar-refractivity contribution is -0.296. The van der Waals surface area contributed by atoms with Gasteiger partial charge in [0.15, 0.2) is 22.8 Å². The van der Waals surface area contributed by atoms with Crippen molar-refractivity contribution in [2.75, 3.05) is 26.4 Å². The lowest BCUT2D eigenvalue weighted by atomic mass is 9.70. The number of oxazole rings is 1. The van der Waals surface area contributed by atoms with Crippen molar-refractivity contribution in [1.82, 2.24) is 14.9 Å². The number of nitrogens with two attached hydrogens (primary N) is 1. The first kappa shape index (κ1) is 49.5. The Morgan fingerprint density at radius 2 is 1.84 bits per heavy atom. The molecular weight excluding hydrogens is 922 g/mol. The van der Waals surface area contributed by atoms with Gasteiger partial charge in [0.1, 0.15) is 35.2 Å². The predicted molar refractivity (Wildman–Crippen MR) is 235 cm³/mol. The Balaban J connectivity index is 1.65. The smallest absolute Gasteiger partial charge is 0.352 e. The molecule has 0 radical (unpaired) electrons. The van der Waals surface area contributed by atoms with E-state index in [1.54, 1.807) is 54.6 Å². The van der Waals surface area contributed by atoms with Crippen LogP contribution in [0.3, 0.4) is 0 Å². The number of aromatic nitrogens is 2. The van der Waals surface area contributed by atoms with E-state index in [2.05, 4.69) is 20.1 Å². The molecule has 19 heteroatoms. The number of amides is 1. The zero-order chi connectivity index (χ0) is 45.9. The molecule has 3 aliphatic rings. The third-order valence-corrected chi connectivity index (χ3v) is 13.9. The van der Waals surface area contributed by atoms with Crippen LogP contribution in [0.1, 0.15) is 93.2 Å². The summed E-state index contributed by atoms with van der Waals surface area (Å²) in [6, 6.07) is 4.67. The highest BCUT2D eigenvalue weighted by atomic mass is 127. The maximum atomic E-state index is 16.8. The molecule has 0 aromatic carbocycles. The fraction of sp³-hybridized carbons (Fsp3) is 0.698. The number of aliphatic imine (C=N–C) groups is 1. The number of alkyl halides is 2. The average Bonchev–Trinajstić information content (AvgIpc) is 3.68.